The molecule has 0 radical (unpaired) electrons. The molecular weight excluding hydrogens is 319 g/mol. The molecule has 0 fully saturated rings. The number of nitrogens with zero attached hydrogens (tertiary/aromatic N) is 2. The van der Waals surface area contributed by atoms with Gasteiger partial charge >= 0.3 is 51.4 Å². The maximum absolute atomic E-state index is 10.5. The summed E-state index contributed by atoms with van der Waals surface area (Å²) in [5.74, 6) is -0.887. The van der Waals surface area contributed by atoms with E-state index in [1.54, 1.807) is 0 Å². The van der Waals surface area contributed by atoms with Crippen LogP contribution in [0.3, 0.4) is 0 Å². The number of carboxylic acid groups (broad SMARTS) is 1. The number of carbonyl (C=O) groups excluding carboxylic acids is 1. The largest absolute Gasteiger partial charge is 1.00 e. The van der Waals surface area contributed by atoms with Gasteiger partial charge in [-0.25, -0.2) is 4.98 Å². The number of hydrogen-bond donors (Lipinski definition) is 0. The van der Waals surface area contributed by atoms with E-state index in [-0.39, 0.29) is 56.4 Å². The predicted octanol–water partition coefficient (Wildman–Crippen LogP) is -1.66. The van der Waals surface area contributed by atoms with Crippen molar-refractivity contribution in [1.82, 2.24) is 9.36 Å². The van der Waals surface area contributed by atoms with Crippen LogP contribution in [0.2, 0.25) is 0 Å². The Balaban J connectivity index is 0.00000128. The van der Waals surface area contributed by atoms with Gasteiger partial charge in [0.2, 0.25) is 0 Å². The molecule has 0 amide bonds. The van der Waals surface area contributed by atoms with Gasteiger partial charge in [0.05, 0.1) is 0 Å². The average Bonchev–Trinajstić information content (AvgIpc) is 2.68. The first kappa shape index (κ1) is 14.4. The van der Waals surface area contributed by atoms with E-state index in [2.05, 4.69) is 25.3 Å². The number of carbonyl (C=O) groups is 1. The molecule has 1 aromatic heterocycles. The van der Waals surface area contributed by atoms with Gasteiger partial charge in [-0.2, -0.15) is 4.37 Å². The summed E-state index contributed by atoms with van der Waals surface area (Å²) >= 11 is 4.13. The molecule has 7 heteroatoms. The van der Waals surface area contributed by atoms with E-state index in [4.69, 9.17) is 0 Å². The van der Waals surface area contributed by atoms with Crippen LogP contribution in [0.5, 0.6) is 0 Å². The molecule has 0 saturated heterocycles. The van der Waals surface area contributed by atoms with E-state index in [1.807, 2.05) is 24.3 Å². The van der Waals surface area contributed by atoms with Crippen LogP contribution in [0.4, 0.5) is 0 Å². The molecule has 0 spiro atoms. The second-order valence-electron chi connectivity index (χ2n) is 2.72. The van der Waals surface area contributed by atoms with Gasteiger partial charge in [0, 0.05) is 10.0 Å². The second kappa shape index (κ2) is 6.34. The number of aromatic carboxylic acids is 1. The van der Waals surface area contributed by atoms with Crippen molar-refractivity contribution in [3.63, 3.8) is 0 Å². The predicted molar refractivity (Wildman–Crippen MR) is 57.4 cm³/mol. The van der Waals surface area contributed by atoms with Crippen LogP contribution in [-0.4, -0.2) is 15.3 Å². The van der Waals surface area contributed by atoms with E-state index in [0.29, 0.717) is 5.82 Å². The van der Waals surface area contributed by atoms with Crippen LogP contribution in [-0.2, 0) is 0 Å². The van der Waals surface area contributed by atoms with Crippen molar-refractivity contribution in [1.29, 1.82) is 0 Å². The Bertz CT molecular complexity index is 500. The maximum atomic E-state index is 10.5. The van der Waals surface area contributed by atoms with Crippen molar-refractivity contribution in [3.05, 3.63) is 33.7 Å². The third-order valence-electron chi connectivity index (χ3n) is 1.70. The Morgan fingerprint density at radius 3 is 2.44 bits per heavy atom. The van der Waals surface area contributed by atoms with Crippen molar-refractivity contribution >= 4 is 33.4 Å². The van der Waals surface area contributed by atoms with Crippen LogP contribution in [0.1, 0.15) is 9.80 Å². The summed E-state index contributed by atoms with van der Waals surface area (Å²) in [4.78, 5) is 14.3. The molecule has 0 unspecified atom stereocenters. The third kappa shape index (κ3) is 3.43. The molecule has 4 nitrogen and oxygen atoms in total. The summed E-state index contributed by atoms with van der Waals surface area (Å²) in [6, 6.07) is 7.31. The summed E-state index contributed by atoms with van der Waals surface area (Å²) in [5, 5.41) is 10.4. The SMILES string of the molecule is O=C([O-])c1nc(-c2ccc(Br)cc2)ns1.[K+]. The normalized spacial score (nSPS) is 9.56. The fourth-order valence-electron chi connectivity index (χ4n) is 1.02. The molecule has 0 saturated carbocycles. The topological polar surface area (TPSA) is 65.9 Å². The van der Waals surface area contributed by atoms with Gasteiger partial charge < -0.3 is 9.90 Å². The van der Waals surface area contributed by atoms with Crippen LogP contribution < -0.4 is 56.5 Å². The Morgan fingerprint density at radius 1 is 1.31 bits per heavy atom. The third-order valence-corrected chi connectivity index (χ3v) is 2.93. The zero-order valence-electron chi connectivity index (χ0n) is 8.31. The van der Waals surface area contributed by atoms with Gasteiger partial charge in [-0.05, 0) is 23.7 Å². The standard InChI is InChI=1S/C9H5BrN2O2S.K/c10-6-3-1-5(2-4-6)7-11-8(9(13)14)15-12-7;/h1-4H,(H,13,14);/q;+1/p-1. The second-order valence-corrected chi connectivity index (χ2v) is 4.39. The minimum absolute atomic E-state index is 0. The summed E-state index contributed by atoms with van der Waals surface area (Å²) in [7, 11) is 0. The van der Waals surface area contributed by atoms with E-state index in [9.17, 15) is 9.90 Å². The summed E-state index contributed by atoms with van der Waals surface area (Å²) in [5.41, 5.74) is 0.780. The van der Waals surface area contributed by atoms with E-state index < -0.39 is 5.97 Å². The first-order valence-electron chi connectivity index (χ1n) is 3.98. The maximum Gasteiger partial charge on any atom is 1.00 e. The molecule has 2 rings (SSSR count). The monoisotopic (exact) mass is 322 g/mol. The molecule has 0 bridgehead atoms. The average molecular weight is 323 g/mol. The zero-order chi connectivity index (χ0) is 10.8. The van der Waals surface area contributed by atoms with Gasteiger partial charge in [0.25, 0.3) is 0 Å². The summed E-state index contributed by atoms with van der Waals surface area (Å²) in [6.07, 6.45) is 0. The van der Waals surface area contributed by atoms with E-state index >= 15 is 0 Å². The molecule has 0 atom stereocenters. The van der Waals surface area contributed by atoms with Crippen molar-refractivity contribution in [2.24, 2.45) is 0 Å². The van der Waals surface area contributed by atoms with Crippen molar-refractivity contribution in [2.75, 3.05) is 0 Å². The molecule has 16 heavy (non-hydrogen) atoms. The fraction of sp³-hybridized carbons (Fsp3) is 0. The number of carboxylic acids is 1. The number of halogens is 1. The quantitative estimate of drug-likeness (QED) is 0.620. The van der Waals surface area contributed by atoms with Crippen LogP contribution in [0.15, 0.2) is 28.7 Å². The van der Waals surface area contributed by atoms with Gasteiger partial charge in [-0.1, -0.05) is 28.1 Å². The molecule has 0 aliphatic heterocycles. The van der Waals surface area contributed by atoms with E-state index in [1.165, 1.54) is 0 Å². The molecule has 0 aliphatic rings. The Hall–Kier alpha value is 0.366. The van der Waals surface area contributed by atoms with E-state index in [0.717, 1.165) is 21.6 Å². The smallest absolute Gasteiger partial charge is 0.542 e. The van der Waals surface area contributed by atoms with Crippen LogP contribution in [0, 0.1) is 0 Å². The zero-order valence-corrected chi connectivity index (χ0v) is 13.8. The number of aromatic nitrogens is 2. The van der Waals surface area contributed by atoms with Gasteiger partial charge in [-0.15, -0.1) is 0 Å². The van der Waals surface area contributed by atoms with Gasteiger partial charge in [-0.3, -0.25) is 0 Å². The Morgan fingerprint density at radius 2 is 1.94 bits per heavy atom. The van der Waals surface area contributed by atoms with Crippen LogP contribution in [0.25, 0.3) is 11.4 Å². The molecule has 1 aromatic carbocycles. The molecule has 76 valence electrons. The molecular formula is C9H4BrKN2O2S. The summed E-state index contributed by atoms with van der Waals surface area (Å²) in [6.45, 7) is 0. The number of rotatable bonds is 2. The summed E-state index contributed by atoms with van der Waals surface area (Å²) < 4.78 is 4.88. The Labute approximate surface area is 147 Å². The van der Waals surface area contributed by atoms with Gasteiger partial charge in [0.1, 0.15) is 5.97 Å². The Kier molecular flexibility index (Phi) is 5.72. The molecule has 0 aliphatic carbocycles. The van der Waals surface area contributed by atoms with Crippen molar-refractivity contribution in [3.8, 4) is 11.4 Å². The first-order valence-corrected chi connectivity index (χ1v) is 5.54. The fourth-order valence-corrected chi connectivity index (χ4v) is 1.81. The van der Waals surface area contributed by atoms with Gasteiger partial charge in [0.15, 0.2) is 10.8 Å². The molecule has 1 heterocycles. The molecule has 0 N–H and O–H groups in total. The first-order chi connectivity index (χ1) is 7.16. The number of benzene rings is 1. The van der Waals surface area contributed by atoms with Crippen molar-refractivity contribution in [2.45, 2.75) is 0 Å². The minimum Gasteiger partial charge on any atom is -0.542 e. The number of hydrogen-bond acceptors (Lipinski definition) is 5. The molecule has 2 aromatic rings. The van der Waals surface area contributed by atoms with Crippen molar-refractivity contribution < 1.29 is 61.3 Å². The minimum atomic E-state index is -1.30. The van der Waals surface area contributed by atoms with Crippen LogP contribution >= 0.6 is 27.5 Å².